The van der Waals surface area contributed by atoms with Gasteiger partial charge >= 0.3 is 0 Å². The highest BCUT2D eigenvalue weighted by Crippen LogP contribution is 2.14. The van der Waals surface area contributed by atoms with Gasteiger partial charge in [-0.15, -0.1) is 0 Å². The molecule has 18 heavy (non-hydrogen) atoms. The topological polar surface area (TPSA) is 97.0 Å². The number of anilines is 2. The molecule has 0 aliphatic rings. The predicted molar refractivity (Wildman–Crippen MR) is 70.6 cm³/mol. The van der Waals surface area contributed by atoms with Gasteiger partial charge in [-0.05, 0) is 17.5 Å². The van der Waals surface area contributed by atoms with E-state index in [2.05, 4.69) is 20.3 Å². The van der Waals surface area contributed by atoms with Crippen LogP contribution in [0.4, 0.5) is 11.9 Å². The lowest BCUT2D eigenvalue weighted by atomic mass is 10.0. The van der Waals surface area contributed by atoms with Crippen LogP contribution < -0.4 is 16.0 Å². The zero-order valence-corrected chi connectivity index (χ0v) is 11.6. The number of hydrogen-bond donors (Lipinski definition) is 2. The summed E-state index contributed by atoms with van der Waals surface area (Å²) in [5.74, 6) is 0.189. The van der Waals surface area contributed by atoms with Crippen molar-refractivity contribution in [3.63, 3.8) is 0 Å². The summed E-state index contributed by atoms with van der Waals surface area (Å²) >= 11 is 5.79. The van der Waals surface area contributed by atoms with Crippen molar-refractivity contribution in [2.45, 2.75) is 19.9 Å². The van der Waals surface area contributed by atoms with Gasteiger partial charge in [0.1, 0.15) is 6.04 Å². The summed E-state index contributed by atoms with van der Waals surface area (Å²) in [5, 5.41) is 2.92. The smallest absolute Gasteiger partial charge is 0.240 e. The van der Waals surface area contributed by atoms with Gasteiger partial charge in [0, 0.05) is 14.1 Å². The van der Waals surface area contributed by atoms with Gasteiger partial charge in [-0.2, -0.15) is 15.0 Å². The van der Waals surface area contributed by atoms with Gasteiger partial charge in [-0.25, -0.2) is 0 Å². The van der Waals surface area contributed by atoms with Crippen LogP contribution in [0.25, 0.3) is 0 Å². The van der Waals surface area contributed by atoms with Crippen molar-refractivity contribution >= 4 is 29.4 Å². The molecule has 0 fully saturated rings. The molecule has 1 heterocycles. The van der Waals surface area contributed by atoms with Crippen LogP contribution in [0.5, 0.6) is 0 Å². The summed E-state index contributed by atoms with van der Waals surface area (Å²) in [7, 11) is 3.56. The maximum Gasteiger partial charge on any atom is 0.240 e. The molecule has 1 rings (SSSR count). The Balaban J connectivity index is 2.99. The van der Waals surface area contributed by atoms with E-state index in [0.29, 0.717) is 5.95 Å². The molecule has 100 valence electrons. The van der Waals surface area contributed by atoms with E-state index in [9.17, 15) is 4.79 Å². The molecule has 0 bridgehead atoms. The Hall–Kier alpha value is -1.63. The first-order chi connectivity index (χ1) is 8.31. The molecule has 8 heteroatoms. The van der Waals surface area contributed by atoms with Crippen LogP contribution in [0, 0.1) is 5.92 Å². The maximum atomic E-state index is 11.3. The Labute approximate surface area is 111 Å². The molecule has 0 saturated heterocycles. The molecule has 1 aromatic rings. The van der Waals surface area contributed by atoms with Crippen molar-refractivity contribution in [3.05, 3.63) is 5.28 Å². The number of nitrogens with one attached hydrogen (secondary N) is 1. The monoisotopic (exact) mass is 272 g/mol. The molecule has 7 nitrogen and oxygen atoms in total. The van der Waals surface area contributed by atoms with Gasteiger partial charge in [-0.3, -0.25) is 4.79 Å². The Morgan fingerprint density at radius 3 is 2.39 bits per heavy atom. The number of carbonyl (C=O) groups is 1. The molecule has 0 aliphatic carbocycles. The molecular formula is C10H17ClN6O. The highest BCUT2D eigenvalue weighted by Gasteiger charge is 2.21. The SMILES string of the molecule is CC(C)C(Nc1nc(Cl)nc(N(C)C)n1)C(N)=O. The molecule has 1 unspecified atom stereocenters. The lowest BCUT2D eigenvalue weighted by molar-refractivity contribution is -0.119. The normalized spacial score (nSPS) is 12.3. The van der Waals surface area contributed by atoms with E-state index in [4.69, 9.17) is 17.3 Å². The number of halogens is 1. The van der Waals surface area contributed by atoms with E-state index in [1.807, 2.05) is 13.8 Å². The summed E-state index contributed by atoms with van der Waals surface area (Å²) in [6.07, 6.45) is 0. The Morgan fingerprint density at radius 2 is 1.94 bits per heavy atom. The molecule has 1 atom stereocenters. The average Bonchev–Trinajstić information content (AvgIpc) is 2.24. The number of carbonyl (C=O) groups excluding carboxylic acids is 1. The molecule has 0 aromatic carbocycles. The quantitative estimate of drug-likeness (QED) is 0.811. The molecule has 0 saturated carbocycles. The van der Waals surface area contributed by atoms with Crippen molar-refractivity contribution in [2.75, 3.05) is 24.3 Å². The van der Waals surface area contributed by atoms with E-state index in [1.54, 1.807) is 19.0 Å². The second-order valence-electron chi connectivity index (χ2n) is 4.39. The van der Waals surface area contributed by atoms with E-state index in [0.717, 1.165) is 0 Å². The van der Waals surface area contributed by atoms with Crippen LogP contribution in [0.15, 0.2) is 0 Å². The highest BCUT2D eigenvalue weighted by atomic mass is 35.5. The van der Waals surface area contributed by atoms with Gasteiger partial charge in [-0.1, -0.05) is 13.8 Å². The lowest BCUT2D eigenvalue weighted by Crippen LogP contribution is -2.40. The average molecular weight is 273 g/mol. The minimum absolute atomic E-state index is 0.0147. The number of hydrogen-bond acceptors (Lipinski definition) is 6. The number of nitrogens with two attached hydrogens (primary N) is 1. The fourth-order valence-corrected chi connectivity index (χ4v) is 1.47. The zero-order chi connectivity index (χ0) is 13.9. The highest BCUT2D eigenvalue weighted by molar-refractivity contribution is 6.28. The standard InChI is InChI=1S/C10H17ClN6O/c1-5(2)6(7(12)18)13-9-14-8(11)15-10(16-9)17(3)4/h5-6H,1-4H3,(H2,12,18)(H,13,14,15,16). The fraction of sp³-hybridized carbons (Fsp3) is 0.600. The van der Waals surface area contributed by atoms with Gasteiger partial charge in [0.05, 0.1) is 0 Å². The van der Waals surface area contributed by atoms with Gasteiger partial charge < -0.3 is 16.0 Å². The maximum absolute atomic E-state index is 11.3. The van der Waals surface area contributed by atoms with Gasteiger partial charge in [0.15, 0.2) is 0 Å². The first-order valence-electron chi connectivity index (χ1n) is 5.46. The number of amides is 1. The molecule has 0 radical (unpaired) electrons. The molecule has 1 amide bonds. The second-order valence-corrected chi connectivity index (χ2v) is 4.73. The lowest BCUT2D eigenvalue weighted by Gasteiger charge is -2.19. The Bertz CT molecular complexity index is 436. The Morgan fingerprint density at radius 1 is 1.33 bits per heavy atom. The van der Waals surface area contributed by atoms with Crippen LogP contribution in [-0.4, -0.2) is 41.0 Å². The molecular weight excluding hydrogens is 256 g/mol. The van der Waals surface area contributed by atoms with Gasteiger partial charge in [0.25, 0.3) is 0 Å². The summed E-state index contributed by atoms with van der Waals surface area (Å²) in [4.78, 5) is 25.0. The van der Waals surface area contributed by atoms with E-state index < -0.39 is 11.9 Å². The summed E-state index contributed by atoms with van der Waals surface area (Å²) in [6.45, 7) is 3.75. The second kappa shape index (κ2) is 5.81. The largest absolute Gasteiger partial charge is 0.368 e. The van der Waals surface area contributed by atoms with Crippen molar-refractivity contribution in [1.29, 1.82) is 0 Å². The molecule has 3 N–H and O–H groups in total. The predicted octanol–water partition coefficient (Wildman–Crippen LogP) is 0.513. The van der Waals surface area contributed by atoms with Crippen molar-refractivity contribution in [1.82, 2.24) is 15.0 Å². The first kappa shape index (κ1) is 14.4. The van der Waals surface area contributed by atoms with Gasteiger partial charge in [0.2, 0.25) is 23.1 Å². The number of nitrogens with zero attached hydrogens (tertiary/aromatic N) is 4. The number of primary amides is 1. The molecule has 0 aliphatic heterocycles. The first-order valence-corrected chi connectivity index (χ1v) is 5.83. The zero-order valence-electron chi connectivity index (χ0n) is 10.8. The summed E-state index contributed by atoms with van der Waals surface area (Å²) < 4.78 is 0. The summed E-state index contributed by atoms with van der Waals surface area (Å²) in [5.41, 5.74) is 5.31. The fourth-order valence-electron chi connectivity index (χ4n) is 1.31. The third-order valence-electron chi connectivity index (χ3n) is 2.25. The molecule has 1 aromatic heterocycles. The van der Waals surface area contributed by atoms with Crippen molar-refractivity contribution < 1.29 is 4.79 Å². The minimum atomic E-state index is -0.557. The third kappa shape index (κ3) is 3.69. The number of aromatic nitrogens is 3. The van der Waals surface area contributed by atoms with Crippen molar-refractivity contribution in [2.24, 2.45) is 11.7 Å². The van der Waals surface area contributed by atoms with Crippen LogP contribution in [0.2, 0.25) is 5.28 Å². The number of rotatable bonds is 5. The minimum Gasteiger partial charge on any atom is -0.368 e. The van der Waals surface area contributed by atoms with E-state index >= 15 is 0 Å². The van der Waals surface area contributed by atoms with E-state index in [1.165, 1.54) is 0 Å². The van der Waals surface area contributed by atoms with Crippen molar-refractivity contribution in [3.8, 4) is 0 Å². The van der Waals surface area contributed by atoms with Crippen LogP contribution in [0.1, 0.15) is 13.8 Å². The Kier molecular flexibility index (Phi) is 4.66. The molecule has 0 spiro atoms. The van der Waals surface area contributed by atoms with Crippen LogP contribution in [-0.2, 0) is 4.79 Å². The third-order valence-corrected chi connectivity index (χ3v) is 2.42. The van der Waals surface area contributed by atoms with Crippen LogP contribution in [0.3, 0.4) is 0 Å². The van der Waals surface area contributed by atoms with Crippen LogP contribution >= 0.6 is 11.6 Å². The van der Waals surface area contributed by atoms with E-state index in [-0.39, 0.29) is 17.1 Å². The summed E-state index contributed by atoms with van der Waals surface area (Å²) in [6, 6.07) is -0.557.